The Morgan fingerprint density at radius 2 is 1.90 bits per heavy atom. The molecule has 2 heterocycles. The largest absolute Gasteiger partial charge is 0.475 e. The average molecular weight is 316 g/mol. The molecule has 0 amide bonds. The Morgan fingerprint density at radius 3 is 2.57 bits per heavy atom. The van der Waals surface area contributed by atoms with E-state index in [0.29, 0.717) is 5.03 Å². The Bertz CT molecular complexity index is 826. The van der Waals surface area contributed by atoms with E-state index in [1.54, 1.807) is 11.3 Å². The topological polar surface area (TPSA) is 63.1 Å². The first-order valence-electron chi connectivity index (χ1n) is 6.28. The minimum Gasteiger partial charge on any atom is -0.475 e. The second-order valence-corrected chi connectivity index (χ2v) is 6.61. The second kappa shape index (κ2) is 5.46. The first-order chi connectivity index (χ1) is 10.0. The van der Waals surface area contributed by atoms with Crippen molar-refractivity contribution in [3.05, 3.63) is 46.6 Å². The first-order valence-corrected chi connectivity index (χ1v) is 7.98. The predicted molar refractivity (Wildman–Crippen MR) is 84.4 cm³/mol. The summed E-state index contributed by atoms with van der Waals surface area (Å²) < 4.78 is 0.933. The molecule has 1 N–H and O–H groups in total. The van der Waals surface area contributed by atoms with Crippen LogP contribution in [0, 0.1) is 13.8 Å². The van der Waals surface area contributed by atoms with E-state index in [-0.39, 0.29) is 5.82 Å². The summed E-state index contributed by atoms with van der Waals surface area (Å²) in [5.74, 6) is -1.26. The molecule has 3 rings (SSSR count). The maximum Gasteiger partial charge on any atom is 0.373 e. The molecule has 0 aliphatic carbocycles. The van der Waals surface area contributed by atoms with Crippen molar-refractivity contribution < 1.29 is 9.90 Å². The van der Waals surface area contributed by atoms with Gasteiger partial charge in [0.2, 0.25) is 5.82 Å². The molecule has 0 atom stereocenters. The highest BCUT2D eigenvalue weighted by Gasteiger charge is 2.16. The summed E-state index contributed by atoms with van der Waals surface area (Å²) in [6, 6.07) is 8.07. The fraction of sp³-hybridized carbons (Fsp3) is 0.133. The molecule has 4 nitrogen and oxygen atoms in total. The van der Waals surface area contributed by atoms with E-state index in [2.05, 4.69) is 9.97 Å². The number of hydrogen-bond donors (Lipinski definition) is 1. The number of aryl methyl sites for hydroxylation is 2. The molecule has 0 radical (unpaired) electrons. The molecule has 0 saturated carbocycles. The van der Waals surface area contributed by atoms with Crippen molar-refractivity contribution in [3.63, 3.8) is 0 Å². The molecule has 106 valence electrons. The molecule has 0 saturated heterocycles. The number of aromatic nitrogens is 2. The molecule has 0 unspecified atom stereocenters. The predicted octanol–water partition coefficient (Wildman–Crippen LogP) is 4.16. The zero-order valence-corrected chi connectivity index (χ0v) is 13.1. The highest BCUT2D eigenvalue weighted by atomic mass is 32.2. The van der Waals surface area contributed by atoms with E-state index in [1.165, 1.54) is 17.3 Å². The Hall–Kier alpha value is -1.92. The highest BCUT2D eigenvalue weighted by molar-refractivity contribution is 7.99. The molecular weight excluding hydrogens is 304 g/mol. The van der Waals surface area contributed by atoms with Crippen LogP contribution in [-0.4, -0.2) is 21.0 Å². The minimum atomic E-state index is -1.10. The van der Waals surface area contributed by atoms with Gasteiger partial charge in [-0.05, 0) is 36.9 Å². The van der Waals surface area contributed by atoms with E-state index >= 15 is 0 Å². The van der Waals surface area contributed by atoms with Crippen LogP contribution in [0.5, 0.6) is 0 Å². The number of nitrogens with zero attached hydrogens (tertiary/aromatic N) is 2. The van der Waals surface area contributed by atoms with Crippen molar-refractivity contribution in [2.24, 2.45) is 0 Å². The number of benzene rings is 1. The standard InChI is InChI=1S/C15H12N2O2S2/c1-8-3-5-10(6-4-8)21-14-12-11(9(2)7-20-12)16-13(17-14)15(18)19/h3-7H,1-2H3,(H,18,19). The normalized spacial score (nSPS) is 11.0. The minimum absolute atomic E-state index is 0.154. The van der Waals surface area contributed by atoms with Gasteiger partial charge in [-0.2, -0.15) is 0 Å². The van der Waals surface area contributed by atoms with E-state index in [0.717, 1.165) is 20.7 Å². The van der Waals surface area contributed by atoms with Crippen molar-refractivity contribution in [1.29, 1.82) is 0 Å². The summed E-state index contributed by atoms with van der Waals surface area (Å²) >= 11 is 3.01. The van der Waals surface area contributed by atoms with Gasteiger partial charge in [0, 0.05) is 4.90 Å². The summed E-state index contributed by atoms with van der Waals surface area (Å²) in [7, 11) is 0. The van der Waals surface area contributed by atoms with E-state index in [9.17, 15) is 4.79 Å². The molecular formula is C15H12N2O2S2. The van der Waals surface area contributed by atoms with Crippen LogP contribution in [0.1, 0.15) is 21.7 Å². The fourth-order valence-electron chi connectivity index (χ4n) is 1.89. The van der Waals surface area contributed by atoms with Gasteiger partial charge < -0.3 is 5.11 Å². The van der Waals surface area contributed by atoms with Gasteiger partial charge in [0.05, 0.1) is 10.2 Å². The third kappa shape index (κ3) is 2.77. The Labute approximate surface area is 129 Å². The molecule has 2 aromatic heterocycles. The Kier molecular flexibility index (Phi) is 3.65. The van der Waals surface area contributed by atoms with Gasteiger partial charge in [0.25, 0.3) is 0 Å². The monoisotopic (exact) mass is 316 g/mol. The highest BCUT2D eigenvalue weighted by Crippen LogP contribution is 2.35. The lowest BCUT2D eigenvalue weighted by atomic mass is 10.2. The number of hydrogen-bond acceptors (Lipinski definition) is 5. The van der Waals surface area contributed by atoms with Gasteiger partial charge in [0.1, 0.15) is 5.03 Å². The lowest BCUT2D eigenvalue weighted by molar-refractivity contribution is 0.0683. The number of carbonyl (C=O) groups is 1. The molecule has 1 aromatic carbocycles. The number of rotatable bonds is 3. The maximum absolute atomic E-state index is 11.2. The van der Waals surface area contributed by atoms with Crippen LogP contribution in [0.15, 0.2) is 39.6 Å². The van der Waals surface area contributed by atoms with Crippen LogP contribution in [0.3, 0.4) is 0 Å². The quantitative estimate of drug-likeness (QED) is 0.735. The number of carboxylic acid groups (broad SMARTS) is 1. The molecule has 0 fully saturated rings. The van der Waals surface area contributed by atoms with Gasteiger partial charge in [-0.1, -0.05) is 29.5 Å². The van der Waals surface area contributed by atoms with Crippen LogP contribution in [0.4, 0.5) is 0 Å². The third-order valence-electron chi connectivity index (χ3n) is 2.99. The maximum atomic E-state index is 11.2. The van der Waals surface area contributed by atoms with Crippen LogP contribution < -0.4 is 0 Å². The molecule has 0 spiro atoms. The van der Waals surface area contributed by atoms with Crippen molar-refractivity contribution in [1.82, 2.24) is 9.97 Å². The summed E-state index contributed by atoms with van der Waals surface area (Å²) in [6.07, 6.45) is 0. The summed E-state index contributed by atoms with van der Waals surface area (Å²) in [5, 5.41) is 11.8. The molecule has 0 aliphatic heterocycles. The van der Waals surface area contributed by atoms with Crippen molar-refractivity contribution >= 4 is 39.3 Å². The van der Waals surface area contributed by atoms with Gasteiger partial charge in [-0.15, -0.1) is 11.3 Å². The summed E-state index contributed by atoms with van der Waals surface area (Å²) in [6.45, 7) is 3.96. The Balaban J connectivity index is 2.11. The third-order valence-corrected chi connectivity index (χ3v) is 5.21. The number of aromatic carboxylic acids is 1. The fourth-order valence-corrected chi connectivity index (χ4v) is 3.85. The molecule has 3 aromatic rings. The lowest BCUT2D eigenvalue weighted by Crippen LogP contribution is -2.04. The zero-order valence-electron chi connectivity index (χ0n) is 11.5. The van der Waals surface area contributed by atoms with Crippen LogP contribution in [0.2, 0.25) is 0 Å². The zero-order chi connectivity index (χ0) is 15.0. The van der Waals surface area contributed by atoms with Crippen molar-refractivity contribution in [3.8, 4) is 0 Å². The second-order valence-electron chi connectivity index (χ2n) is 4.67. The van der Waals surface area contributed by atoms with Crippen LogP contribution >= 0.6 is 23.1 Å². The van der Waals surface area contributed by atoms with Gasteiger partial charge in [0.15, 0.2) is 0 Å². The number of carboxylic acids is 1. The lowest BCUT2D eigenvalue weighted by Gasteiger charge is -2.04. The smallest absolute Gasteiger partial charge is 0.373 e. The van der Waals surface area contributed by atoms with Crippen LogP contribution in [-0.2, 0) is 0 Å². The molecule has 0 aliphatic rings. The number of fused-ring (bicyclic) bond motifs is 1. The molecule has 21 heavy (non-hydrogen) atoms. The van der Waals surface area contributed by atoms with E-state index < -0.39 is 5.97 Å². The SMILES string of the molecule is Cc1ccc(Sc2nc(C(=O)O)nc3c(C)csc23)cc1. The van der Waals surface area contributed by atoms with Crippen LogP contribution in [0.25, 0.3) is 10.2 Å². The Morgan fingerprint density at radius 1 is 1.19 bits per heavy atom. The first kappa shape index (κ1) is 14.0. The van der Waals surface area contributed by atoms with E-state index in [1.807, 2.05) is 43.5 Å². The van der Waals surface area contributed by atoms with E-state index in [4.69, 9.17) is 5.11 Å². The molecule has 6 heteroatoms. The van der Waals surface area contributed by atoms with Gasteiger partial charge >= 0.3 is 5.97 Å². The summed E-state index contributed by atoms with van der Waals surface area (Å²) in [5.41, 5.74) is 2.89. The van der Waals surface area contributed by atoms with Crippen molar-refractivity contribution in [2.45, 2.75) is 23.8 Å². The average Bonchev–Trinajstić information content (AvgIpc) is 2.83. The molecule has 0 bridgehead atoms. The number of thiophene rings is 1. The van der Waals surface area contributed by atoms with Gasteiger partial charge in [-0.25, -0.2) is 14.8 Å². The van der Waals surface area contributed by atoms with Crippen molar-refractivity contribution in [2.75, 3.05) is 0 Å². The summed E-state index contributed by atoms with van der Waals surface area (Å²) in [4.78, 5) is 20.6. The van der Waals surface area contributed by atoms with Gasteiger partial charge in [-0.3, -0.25) is 0 Å².